The van der Waals surface area contributed by atoms with E-state index in [1.807, 2.05) is 7.05 Å². The monoisotopic (exact) mass is 425 g/mol. The van der Waals surface area contributed by atoms with Gasteiger partial charge in [0.15, 0.2) is 0 Å². The van der Waals surface area contributed by atoms with Gasteiger partial charge < -0.3 is 9.80 Å². The van der Waals surface area contributed by atoms with Crippen LogP contribution >= 0.6 is 0 Å². The van der Waals surface area contributed by atoms with Gasteiger partial charge >= 0.3 is 0 Å². The summed E-state index contributed by atoms with van der Waals surface area (Å²) in [4.78, 5) is 4.25. The molecule has 0 bridgehead atoms. The van der Waals surface area contributed by atoms with Gasteiger partial charge in [-0.1, -0.05) is 30.0 Å². The molecule has 0 unspecified atom stereocenters. The summed E-state index contributed by atoms with van der Waals surface area (Å²) in [7, 11) is 2.04. The van der Waals surface area contributed by atoms with Crippen molar-refractivity contribution in [2.24, 2.45) is 0 Å². The van der Waals surface area contributed by atoms with Crippen LogP contribution in [0.3, 0.4) is 0 Å². The van der Waals surface area contributed by atoms with E-state index < -0.39 is 0 Å². The van der Waals surface area contributed by atoms with Crippen molar-refractivity contribution in [3.8, 4) is 0 Å². The van der Waals surface area contributed by atoms with E-state index in [4.69, 9.17) is 0 Å². The molecule has 0 amide bonds. The molecule has 19 heavy (non-hydrogen) atoms. The Morgan fingerprint density at radius 3 is 2.89 bits per heavy atom. The van der Waals surface area contributed by atoms with Crippen LogP contribution in [-0.2, 0) is 20.1 Å². The first-order chi connectivity index (χ1) is 8.83. The number of benzene rings is 2. The molecular formula is C16H12IrN2-2. The second-order valence-corrected chi connectivity index (χ2v) is 4.68. The Hall–Kier alpha value is -1.57. The molecule has 2 aliphatic heterocycles. The topological polar surface area (TPSA) is 6.48 Å². The predicted molar refractivity (Wildman–Crippen MR) is 74.4 cm³/mol. The molecule has 4 rings (SSSR count). The summed E-state index contributed by atoms with van der Waals surface area (Å²) in [5.41, 5.74) is 3.57. The number of rotatable bonds is 0. The van der Waals surface area contributed by atoms with Crippen LogP contribution in [0.15, 0.2) is 48.3 Å². The Kier molecular flexibility index (Phi) is 2.96. The van der Waals surface area contributed by atoms with E-state index >= 15 is 0 Å². The maximum Gasteiger partial charge on any atom is 0.0240 e. The number of allylic oxidation sites excluding steroid dienone is 1. The van der Waals surface area contributed by atoms with Gasteiger partial charge in [0.2, 0.25) is 0 Å². The van der Waals surface area contributed by atoms with Crippen molar-refractivity contribution in [1.29, 1.82) is 0 Å². The quantitative estimate of drug-likeness (QED) is 0.599. The van der Waals surface area contributed by atoms with Crippen molar-refractivity contribution < 1.29 is 20.1 Å². The fraction of sp³-hybridized carbons (Fsp3) is 0.0625. The third kappa shape index (κ3) is 1.81. The van der Waals surface area contributed by atoms with Crippen LogP contribution in [0.25, 0.3) is 16.8 Å². The van der Waals surface area contributed by atoms with Gasteiger partial charge in [0.25, 0.3) is 0 Å². The van der Waals surface area contributed by atoms with Crippen LogP contribution in [0.5, 0.6) is 0 Å². The summed E-state index contributed by atoms with van der Waals surface area (Å²) in [6, 6.07) is 13.9. The predicted octanol–water partition coefficient (Wildman–Crippen LogP) is 3.38. The summed E-state index contributed by atoms with van der Waals surface area (Å²) >= 11 is 0. The maximum absolute atomic E-state index is 3.40. The molecule has 0 saturated carbocycles. The molecule has 0 spiro atoms. The minimum Gasteiger partial charge on any atom is -0.510 e. The van der Waals surface area contributed by atoms with E-state index in [2.05, 4.69) is 71.2 Å². The fourth-order valence-corrected chi connectivity index (χ4v) is 2.62. The Morgan fingerprint density at radius 2 is 2.00 bits per heavy atom. The SMILES string of the molecule is CN1C=C2C=Cc3c([c-]cc4ccccc34)N2[CH-]1.[Ir]. The number of nitrogens with zero attached hydrogens (tertiary/aromatic N) is 2. The second kappa shape index (κ2) is 4.52. The third-order valence-corrected chi connectivity index (χ3v) is 3.44. The summed E-state index contributed by atoms with van der Waals surface area (Å²) in [5, 5.41) is 2.52. The molecular weight excluding hydrogens is 412 g/mol. The van der Waals surface area contributed by atoms with Crippen molar-refractivity contribution in [2.45, 2.75) is 0 Å². The molecule has 2 aromatic carbocycles. The van der Waals surface area contributed by atoms with E-state index in [-0.39, 0.29) is 20.1 Å². The van der Waals surface area contributed by atoms with Gasteiger partial charge in [0.1, 0.15) is 0 Å². The molecule has 2 heterocycles. The standard InChI is InChI=1S/C16H12N2.Ir/c1-17-10-13-7-8-15-14-5-3-2-4-12(14)6-9-16(15)18(13)11-17;/h2-8,10-11H,1H3;/q-2;. The van der Waals surface area contributed by atoms with Crippen LogP contribution in [-0.4, -0.2) is 11.9 Å². The fourth-order valence-electron chi connectivity index (χ4n) is 2.62. The average Bonchev–Trinajstić information content (AvgIpc) is 2.79. The smallest absolute Gasteiger partial charge is 0.0240 e. The largest absolute Gasteiger partial charge is 0.510 e. The Labute approximate surface area is 126 Å². The van der Waals surface area contributed by atoms with Gasteiger partial charge in [-0.25, -0.2) is 0 Å². The zero-order valence-electron chi connectivity index (χ0n) is 10.4. The molecule has 0 saturated heterocycles. The van der Waals surface area contributed by atoms with Gasteiger partial charge in [0, 0.05) is 25.8 Å². The summed E-state index contributed by atoms with van der Waals surface area (Å²) in [6.07, 6.45) is 6.45. The summed E-state index contributed by atoms with van der Waals surface area (Å²) in [5.74, 6) is 0. The van der Waals surface area contributed by atoms with Crippen LogP contribution in [0, 0.1) is 12.7 Å². The Bertz CT molecular complexity index is 703. The van der Waals surface area contributed by atoms with Crippen LogP contribution in [0.1, 0.15) is 5.56 Å². The Morgan fingerprint density at radius 1 is 1.16 bits per heavy atom. The van der Waals surface area contributed by atoms with Gasteiger partial charge in [-0.15, -0.1) is 28.5 Å². The minimum atomic E-state index is 0. The molecule has 2 aromatic rings. The molecule has 3 heteroatoms. The van der Waals surface area contributed by atoms with Crippen LogP contribution in [0.4, 0.5) is 5.69 Å². The van der Waals surface area contributed by atoms with Gasteiger partial charge in [-0.3, -0.25) is 0 Å². The zero-order valence-corrected chi connectivity index (χ0v) is 12.8. The normalized spacial score (nSPS) is 15.9. The summed E-state index contributed by atoms with van der Waals surface area (Å²) in [6.45, 7) is 2.09. The van der Waals surface area contributed by atoms with Gasteiger partial charge in [-0.2, -0.15) is 18.8 Å². The zero-order chi connectivity index (χ0) is 12.1. The van der Waals surface area contributed by atoms with Crippen molar-refractivity contribution in [1.82, 2.24) is 4.90 Å². The van der Waals surface area contributed by atoms with E-state index in [1.165, 1.54) is 22.0 Å². The Balaban J connectivity index is 0.00000110. The maximum atomic E-state index is 3.40. The number of hydrogen-bond acceptors (Lipinski definition) is 2. The molecule has 0 aromatic heterocycles. The number of anilines is 1. The van der Waals surface area contributed by atoms with Gasteiger partial charge in [-0.05, 0) is 13.2 Å². The first-order valence-corrected chi connectivity index (χ1v) is 6.02. The molecule has 0 N–H and O–H groups in total. The van der Waals surface area contributed by atoms with Crippen molar-refractivity contribution in [3.63, 3.8) is 0 Å². The molecule has 0 fully saturated rings. The van der Waals surface area contributed by atoms with E-state index in [9.17, 15) is 0 Å². The average molecular weight is 425 g/mol. The molecule has 0 atom stereocenters. The number of fused-ring (bicyclic) bond motifs is 5. The molecule has 97 valence electrons. The van der Waals surface area contributed by atoms with E-state index in [0.717, 1.165) is 5.69 Å². The van der Waals surface area contributed by atoms with Gasteiger partial charge in [0.05, 0.1) is 0 Å². The first-order valence-electron chi connectivity index (χ1n) is 6.02. The number of hydrogen-bond donors (Lipinski definition) is 0. The van der Waals surface area contributed by atoms with Crippen molar-refractivity contribution in [3.05, 3.63) is 66.6 Å². The molecule has 2 nitrogen and oxygen atoms in total. The second-order valence-electron chi connectivity index (χ2n) is 4.68. The van der Waals surface area contributed by atoms with Crippen molar-refractivity contribution >= 4 is 22.5 Å². The first kappa shape index (κ1) is 12.5. The van der Waals surface area contributed by atoms with Crippen LogP contribution < -0.4 is 4.90 Å². The molecule has 2 aliphatic rings. The molecule has 0 aliphatic carbocycles. The third-order valence-electron chi connectivity index (χ3n) is 3.44. The summed E-state index contributed by atoms with van der Waals surface area (Å²) < 4.78 is 0. The molecule has 1 radical (unpaired) electrons. The van der Waals surface area contributed by atoms with E-state index in [0.29, 0.717) is 0 Å². The van der Waals surface area contributed by atoms with Crippen molar-refractivity contribution in [2.75, 3.05) is 11.9 Å². The minimum absolute atomic E-state index is 0. The van der Waals surface area contributed by atoms with E-state index in [1.54, 1.807) is 0 Å². The van der Waals surface area contributed by atoms with Crippen LogP contribution in [0.2, 0.25) is 0 Å².